The molecule has 102 valence electrons. The first-order valence-corrected chi connectivity index (χ1v) is 6.41. The number of hydrogen-bond acceptors (Lipinski definition) is 5. The highest BCUT2D eigenvalue weighted by molar-refractivity contribution is 5.56. The van der Waals surface area contributed by atoms with E-state index in [4.69, 9.17) is 14.7 Å². The van der Waals surface area contributed by atoms with E-state index in [9.17, 15) is 0 Å². The normalized spacial score (nSPS) is 12.5. The Kier molecular flexibility index (Phi) is 3.35. The zero-order chi connectivity index (χ0) is 13.9. The lowest BCUT2D eigenvalue weighted by atomic mass is 10.1. The zero-order valence-corrected chi connectivity index (χ0v) is 11.1. The van der Waals surface area contributed by atoms with E-state index in [1.807, 2.05) is 43.3 Å². The molecular weight excluding hydrogens is 254 g/mol. The molecule has 0 radical (unpaired) electrons. The Morgan fingerprint density at radius 1 is 1.20 bits per heavy atom. The maximum Gasteiger partial charge on any atom is 0.244 e. The van der Waals surface area contributed by atoms with E-state index in [-0.39, 0.29) is 6.04 Å². The molecule has 1 aromatic carbocycles. The lowest BCUT2D eigenvalue weighted by Crippen LogP contribution is -2.13. The molecule has 5 nitrogen and oxygen atoms in total. The highest BCUT2D eigenvalue weighted by Crippen LogP contribution is 2.23. The summed E-state index contributed by atoms with van der Waals surface area (Å²) in [5, 5.41) is 3.96. The van der Waals surface area contributed by atoms with Crippen LogP contribution in [0.2, 0.25) is 0 Å². The second kappa shape index (κ2) is 5.30. The molecule has 0 saturated carbocycles. The Hall–Kier alpha value is -2.40. The molecule has 0 aliphatic carbocycles. The van der Waals surface area contributed by atoms with Gasteiger partial charge in [0.1, 0.15) is 5.76 Å². The fraction of sp³-hybridized carbons (Fsp3) is 0.200. The van der Waals surface area contributed by atoms with Crippen LogP contribution in [0.3, 0.4) is 0 Å². The molecule has 0 aliphatic rings. The second-order valence-corrected chi connectivity index (χ2v) is 4.64. The van der Waals surface area contributed by atoms with Gasteiger partial charge in [-0.15, -0.1) is 0 Å². The number of rotatable bonds is 4. The van der Waals surface area contributed by atoms with E-state index in [0.717, 1.165) is 16.9 Å². The van der Waals surface area contributed by atoms with Crippen molar-refractivity contribution in [3.8, 4) is 11.4 Å². The maximum atomic E-state index is 6.11. The Bertz CT molecular complexity index is 688. The SMILES string of the molecule is Cc1occc1-c1noc([C@H](N)Cc2ccccc2)n1. The van der Waals surface area contributed by atoms with Crippen LogP contribution in [0.1, 0.15) is 23.3 Å². The van der Waals surface area contributed by atoms with E-state index in [1.165, 1.54) is 0 Å². The predicted octanol–water partition coefficient (Wildman–Crippen LogP) is 2.88. The minimum Gasteiger partial charge on any atom is -0.469 e. The van der Waals surface area contributed by atoms with Crippen LogP contribution >= 0.6 is 0 Å². The summed E-state index contributed by atoms with van der Waals surface area (Å²) < 4.78 is 10.5. The van der Waals surface area contributed by atoms with E-state index in [2.05, 4.69) is 10.1 Å². The summed E-state index contributed by atoms with van der Waals surface area (Å²) in [5.41, 5.74) is 8.08. The number of aryl methyl sites for hydroxylation is 1. The maximum absolute atomic E-state index is 6.11. The zero-order valence-electron chi connectivity index (χ0n) is 11.1. The molecule has 2 heterocycles. The van der Waals surface area contributed by atoms with Crippen molar-refractivity contribution in [2.75, 3.05) is 0 Å². The lowest BCUT2D eigenvalue weighted by Gasteiger charge is -2.05. The number of aromatic nitrogens is 2. The molecule has 0 saturated heterocycles. The molecule has 0 amide bonds. The van der Waals surface area contributed by atoms with Crippen molar-refractivity contribution in [1.82, 2.24) is 10.1 Å². The van der Waals surface area contributed by atoms with Gasteiger partial charge in [-0.2, -0.15) is 4.98 Å². The van der Waals surface area contributed by atoms with Gasteiger partial charge in [0.25, 0.3) is 0 Å². The van der Waals surface area contributed by atoms with Gasteiger partial charge in [-0.3, -0.25) is 0 Å². The predicted molar refractivity (Wildman–Crippen MR) is 73.8 cm³/mol. The second-order valence-electron chi connectivity index (χ2n) is 4.64. The molecule has 0 spiro atoms. The van der Waals surface area contributed by atoms with Crippen LogP contribution in [-0.2, 0) is 6.42 Å². The summed E-state index contributed by atoms with van der Waals surface area (Å²) in [6, 6.07) is 11.5. The van der Waals surface area contributed by atoms with Gasteiger partial charge in [0.15, 0.2) is 0 Å². The van der Waals surface area contributed by atoms with Gasteiger partial charge in [0.2, 0.25) is 11.7 Å². The summed E-state index contributed by atoms with van der Waals surface area (Å²) in [5.74, 6) is 1.70. The van der Waals surface area contributed by atoms with Crippen LogP contribution in [0.5, 0.6) is 0 Å². The minimum atomic E-state index is -0.314. The first-order chi connectivity index (χ1) is 9.74. The van der Waals surface area contributed by atoms with Crippen LogP contribution in [0.4, 0.5) is 0 Å². The number of furan rings is 1. The molecule has 1 atom stereocenters. The number of nitrogens with two attached hydrogens (primary N) is 1. The molecule has 3 aromatic rings. The van der Waals surface area contributed by atoms with Crippen molar-refractivity contribution in [2.45, 2.75) is 19.4 Å². The summed E-state index contributed by atoms with van der Waals surface area (Å²) in [6.45, 7) is 1.86. The fourth-order valence-electron chi connectivity index (χ4n) is 2.07. The van der Waals surface area contributed by atoms with Crippen LogP contribution < -0.4 is 5.73 Å². The fourth-order valence-corrected chi connectivity index (χ4v) is 2.07. The summed E-state index contributed by atoms with van der Waals surface area (Å²) >= 11 is 0. The highest BCUT2D eigenvalue weighted by atomic mass is 16.5. The van der Waals surface area contributed by atoms with Gasteiger partial charge in [0.05, 0.1) is 17.9 Å². The molecule has 20 heavy (non-hydrogen) atoms. The molecule has 3 rings (SSSR count). The van der Waals surface area contributed by atoms with Gasteiger partial charge in [-0.05, 0) is 25.0 Å². The Balaban J connectivity index is 1.78. The smallest absolute Gasteiger partial charge is 0.244 e. The lowest BCUT2D eigenvalue weighted by molar-refractivity contribution is 0.354. The highest BCUT2D eigenvalue weighted by Gasteiger charge is 2.17. The molecule has 0 unspecified atom stereocenters. The van der Waals surface area contributed by atoms with Crippen LogP contribution in [0.15, 0.2) is 51.6 Å². The Morgan fingerprint density at radius 2 is 2.00 bits per heavy atom. The third-order valence-corrected chi connectivity index (χ3v) is 3.16. The molecule has 5 heteroatoms. The average molecular weight is 269 g/mol. The first-order valence-electron chi connectivity index (χ1n) is 6.41. The van der Waals surface area contributed by atoms with Crippen molar-refractivity contribution in [2.24, 2.45) is 5.73 Å². The van der Waals surface area contributed by atoms with E-state index in [0.29, 0.717) is 18.1 Å². The number of benzene rings is 1. The van der Waals surface area contributed by atoms with E-state index < -0.39 is 0 Å². The van der Waals surface area contributed by atoms with Gasteiger partial charge < -0.3 is 14.7 Å². The van der Waals surface area contributed by atoms with Gasteiger partial charge in [0, 0.05) is 0 Å². The molecular formula is C15H15N3O2. The molecule has 0 bridgehead atoms. The van der Waals surface area contributed by atoms with Crippen molar-refractivity contribution in [3.05, 3.63) is 59.9 Å². The van der Waals surface area contributed by atoms with Gasteiger partial charge in [-0.1, -0.05) is 35.5 Å². The van der Waals surface area contributed by atoms with Gasteiger partial charge >= 0.3 is 0 Å². The molecule has 0 aliphatic heterocycles. The number of nitrogens with zero attached hydrogens (tertiary/aromatic N) is 2. The van der Waals surface area contributed by atoms with Gasteiger partial charge in [-0.25, -0.2) is 0 Å². The molecule has 2 aromatic heterocycles. The third kappa shape index (κ3) is 2.48. The molecule has 2 N–H and O–H groups in total. The first kappa shape index (κ1) is 12.6. The standard InChI is InChI=1S/C15H15N3O2/c1-10-12(7-8-19-10)14-17-15(20-18-14)13(16)9-11-5-3-2-4-6-11/h2-8,13H,9,16H2,1H3/t13-/m1/s1. The summed E-state index contributed by atoms with van der Waals surface area (Å²) in [7, 11) is 0. The van der Waals surface area contributed by atoms with Crippen molar-refractivity contribution in [3.63, 3.8) is 0 Å². The summed E-state index contributed by atoms with van der Waals surface area (Å²) in [6.07, 6.45) is 2.26. The largest absolute Gasteiger partial charge is 0.469 e. The Labute approximate surface area is 116 Å². The van der Waals surface area contributed by atoms with E-state index >= 15 is 0 Å². The third-order valence-electron chi connectivity index (χ3n) is 3.16. The average Bonchev–Trinajstić information content (AvgIpc) is 3.08. The van der Waals surface area contributed by atoms with Crippen LogP contribution in [-0.4, -0.2) is 10.1 Å². The van der Waals surface area contributed by atoms with Crippen molar-refractivity contribution < 1.29 is 8.94 Å². The quantitative estimate of drug-likeness (QED) is 0.788. The monoisotopic (exact) mass is 269 g/mol. The summed E-state index contributed by atoms with van der Waals surface area (Å²) in [4.78, 5) is 4.35. The molecule has 0 fully saturated rings. The topological polar surface area (TPSA) is 78.1 Å². The van der Waals surface area contributed by atoms with E-state index in [1.54, 1.807) is 6.26 Å². The van der Waals surface area contributed by atoms with Crippen molar-refractivity contribution >= 4 is 0 Å². The number of hydrogen-bond donors (Lipinski definition) is 1. The van der Waals surface area contributed by atoms with Crippen LogP contribution in [0.25, 0.3) is 11.4 Å². The van der Waals surface area contributed by atoms with Crippen LogP contribution in [0, 0.1) is 6.92 Å². The Morgan fingerprint density at radius 3 is 2.70 bits per heavy atom. The minimum absolute atomic E-state index is 0.314. The van der Waals surface area contributed by atoms with Crippen molar-refractivity contribution in [1.29, 1.82) is 0 Å².